The van der Waals surface area contributed by atoms with Crippen molar-refractivity contribution in [1.82, 2.24) is 5.32 Å². The molecule has 1 aromatic heterocycles. The van der Waals surface area contributed by atoms with Crippen LogP contribution in [0.4, 0.5) is 5.69 Å². The van der Waals surface area contributed by atoms with Gasteiger partial charge in [0.25, 0.3) is 5.91 Å². The minimum absolute atomic E-state index is 0.136. The number of rotatable bonds is 6. The summed E-state index contributed by atoms with van der Waals surface area (Å²) in [6.45, 7) is 1.83. The summed E-state index contributed by atoms with van der Waals surface area (Å²) in [4.78, 5) is 34.9. The minimum atomic E-state index is -0.470. The molecular formula is C16H16N2O5. The van der Waals surface area contributed by atoms with E-state index in [0.717, 1.165) is 0 Å². The highest BCUT2D eigenvalue weighted by molar-refractivity contribution is 5.98. The summed E-state index contributed by atoms with van der Waals surface area (Å²) in [5, 5.41) is 5.04. The largest absolute Gasteiger partial charge is 0.462 e. The van der Waals surface area contributed by atoms with Crippen LogP contribution in [0.15, 0.2) is 47.1 Å². The number of hydrogen-bond donors (Lipinski definition) is 2. The fraction of sp³-hybridized carbons (Fsp3) is 0.188. The Bertz CT molecular complexity index is 677. The number of carbonyl (C=O) groups excluding carboxylic acids is 3. The maximum Gasteiger partial charge on any atom is 0.338 e. The molecule has 7 heteroatoms. The molecule has 2 rings (SSSR count). The Hall–Kier alpha value is -3.09. The summed E-state index contributed by atoms with van der Waals surface area (Å²) >= 11 is 0. The Morgan fingerprint density at radius 3 is 2.48 bits per heavy atom. The number of amides is 2. The van der Waals surface area contributed by atoms with Gasteiger partial charge in [-0.05, 0) is 43.3 Å². The summed E-state index contributed by atoms with van der Waals surface area (Å²) < 4.78 is 9.78. The normalized spacial score (nSPS) is 9.96. The average molecular weight is 316 g/mol. The van der Waals surface area contributed by atoms with E-state index in [1.165, 1.54) is 12.3 Å². The van der Waals surface area contributed by atoms with E-state index >= 15 is 0 Å². The lowest BCUT2D eigenvalue weighted by Crippen LogP contribution is -2.32. The Morgan fingerprint density at radius 1 is 1.13 bits per heavy atom. The molecule has 1 heterocycles. The summed E-state index contributed by atoms with van der Waals surface area (Å²) in [7, 11) is 0. The molecule has 0 radical (unpaired) electrons. The van der Waals surface area contributed by atoms with Crippen LogP contribution in [0, 0.1) is 0 Å². The zero-order valence-electron chi connectivity index (χ0n) is 12.5. The van der Waals surface area contributed by atoms with Gasteiger partial charge in [0.2, 0.25) is 5.91 Å². The van der Waals surface area contributed by atoms with E-state index in [0.29, 0.717) is 17.9 Å². The van der Waals surface area contributed by atoms with Crippen molar-refractivity contribution in [1.29, 1.82) is 0 Å². The molecular weight excluding hydrogens is 300 g/mol. The predicted octanol–water partition coefficient (Wildman–Crippen LogP) is 1.82. The summed E-state index contributed by atoms with van der Waals surface area (Å²) in [6.07, 6.45) is 1.38. The van der Waals surface area contributed by atoms with Crippen LogP contribution in [0.3, 0.4) is 0 Å². The molecule has 23 heavy (non-hydrogen) atoms. The third-order valence-electron chi connectivity index (χ3n) is 2.83. The first-order valence-electron chi connectivity index (χ1n) is 6.99. The second-order valence-corrected chi connectivity index (χ2v) is 4.51. The smallest absolute Gasteiger partial charge is 0.338 e. The molecule has 120 valence electrons. The molecule has 0 unspecified atom stereocenters. The molecule has 7 nitrogen and oxygen atoms in total. The van der Waals surface area contributed by atoms with Gasteiger partial charge in [0.1, 0.15) is 0 Å². The number of carbonyl (C=O) groups is 3. The monoisotopic (exact) mass is 316 g/mol. The number of ether oxygens (including phenoxy) is 1. The molecule has 0 saturated carbocycles. The highest BCUT2D eigenvalue weighted by Crippen LogP contribution is 2.10. The van der Waals surface area contributed by atoms with Crippen LogP contribution in [0.1, 0.15) is 27.8 Å². The predicted molar refractivity (Wildman–Crippen MR) is 82.1 cm³/mol. The van der Waals surface area contributed by atoms with Gasteiger partial charge in [-0.15, -0.1) is 0 Å². The van der Waals surface area contributed by atoms with Crippen LogP contribution in [0.25, 0.3) is 0 Å². The van der Waals surface area contributed by atoms with Crippen molar-refractivity contribution in [2.24, 2.45) is 0 Å². The maximum absolute atomic E-state index is 11.8. The number of benzene rings is 1. The van der Waals surface area contributed by atoms with Gasteiger partial charge in [-0.1, -0.05) is 0 Å². The number of nitrogens with one attached hydrogen (secondary N) is 2. The second-order valence-electron chi connectivity index (χ2n) is 4.51. The first-order valence-corrected chi connectivity index (χ1v) is 6.99. The molecule has 0 bridgehead atoms. The number of furan rings is 1. The third kappa shape index (κ3) is 4.70. The lowest BCUT2D eigenvalue weighted by atomic mass is 10.2. The van der Waals surface area contributed by atoms with Crippen LogP contribution < -0.4 is 10.6 Å². The van der Waals surface area contributed by atoms with Crippen molar-refractivity contribution < 1.29 is 23.5 Å². The highest BCUT2D eigenvalue weighted by atomic mass is 16.5. The van der Waals surface area contributed by atoms with Gasteiger partial charge in [0.05, 0.1) is 25.0 Å². The van der Waals surface area contributed by atoms with E-state index in [9.17, 15) is 14.4 Å². The third-order valence-corrected chi connectivity index (χ3v) is 2.83. The van der Waals surface area contributed by atoms with Crippen LogP contribution in [-0.2, 0) is 9.53 Å². The van der Waals surface area contributed by atoms with Crippen molar-refractivity contribution in [3.63, 3.8) is 0 Å². The van der Waals surface area contributed by atoms with E-state index < -0.39 is 17.8 Å². The van der Waals surface area contributed by atoms with Gasteiger partial charge in [-0.25, -0.2) is 4.79 Å². The lowest BCUT2D eigenvalue weighted by Gasteiger charge is -2.07. The second kappa shape index (κ2) is 7.79. The van der Waals surface area contributed by atoms with E-state index in [1.54, 1.807) is 37.3 Å². The fourth-order valence-corrected chi connectivity index (χ4v) is 1.76. The van der Waals surface area contributed by atoms with Gasteiger partial charge in [-0.2, -0.15) is 0 Å². The summed E-state index contributed by atoms with van der Waals surface area (Å²) in [6, 6.07) is 9.35. The molecule has 2 amide bonds. The summed E-state index contributed by atoms with van der Waals surface area (Å²) in [5.74, 6) is -1.15. The van der Waals surface area contributed by atoms with E-state index in [-0.39, 0.29) is 12.3 Å². The van der Waals surface area contributed by atoms with Gasteiger partial charge in [-0.3, -0.25) is 9.59 Å². The van der Waals surface area contributed by atoms with Crippen molar-refractivity contribution in [2.45, 2.75) is 6.92 Å². The molecule has 0 fully saturated rings. The van der Waals surface area contributed by atoms with Crippen molar-refractivity contribution in [2.75, 3.05) is 18.5 Å². The Labute approximate surface area is 132 Å². The highest BCUT2D eigenvalue weighted by Gasteiger charge is 2.11. The molecule has 0 aliphatic rings. The van der Waals surface area contributed by atoms with Gasteiger partial charge >= 0.3 is 5.97 Å². The molecule has 0 spiro atoms. The molecule has 2 aromatic rings. The maximum atomic E-state index is 11.8. The van der Waals surface area contributed by atoms with E-state index in [1.807, 2.05) is 0 Å². The van der Waals surface area contributed by atoms with Crippen molar-refractivity contribution in [3.05, 3.63) is 54.0 Å². The Morgan fingerprint density at radius 2 is 1.87 bits per heavy atom. The molecule has 1 aromatic carbocycles. The van der Waals surface area contributed by atoms with Crippen LogP contribution in [-0.4, -0.2) is 30.9 Å². The molecule has 0 atom stereocenters. The Kier molecular flexibility index (Phi) is 5.51. The standard InChI is InChI=1S/C16H16N2O5/c1-2-22-16(21)11-5-7-12(8-6-11)18-14(19)10-17-15(20)13-4-3-9-23-13/h3-9H,2,10H2,1H3,(H,17,20)(H,18,19). The van der Waals surface area contributed by atoms with E-state index in [4.69, 9.17) is 9.15 Å². The zero-order valence-corrected chi connectivity index (χ0v) is 12.5. The average Bonchev–Trinajstić information content (AvgIpc) is 3.08. The minimum Gasteiger partial charge on any atom is -0.462 e. The Balaban J connectivity index is 1.83. The van der Waals surface area contributed by atoms with Crippen molar-refractivity contribution in [3.8, 4) is 0 Å². The molecule has 0 aliphatic heterocycles. The molecule has 0 saturated heterocycles. The molecule has 0 aliphatic carbocycles. The lowest BCUT2D eigenvalue weighted by molar-refractivity contribution is -0.115. The quantitative estimate of drug-likeness (QED) is 0.792. The van der Waals surface area contributed by atoms with Crippen LogP contribution in [0.2, 0.25) is 0 Å². The van der Waals surface area contributed by atoms with E-state index in [2.05, 4.69) is 10.6 Å². The number of hydrogen-bond acceptors (Lipinski definition) is 5. The number of anilines is 1. The number of esters is 1. The van der Waals surface area contributed by atoms with Gasteiger partial charge < -0.3 is 19.8 Å². The van der Waals surface area contributed by atoms with Crippen molar-refractivity contribution >= 4 is 23.5 Å². The first-order chi connectivity index (χ1) is 11.1. The molecule has 2 N–H and O–H groups in total. The van der Waals surface area contributed by atoms with Gasteiger partial charge in [0, 0.05) is 5.69 Å². The zero-order chi connectivity index (χ0) is 16.7. The topological polar surface area (TPSA) is 97.6 Å². The van der Waals surface area contributed by atoms with Gasteiger partial charge in [0.15, 0.2) is 5.76 Å². The first kappa shape index (κ1) is 16.3. The fourth-order valence-electron chi connectivity index (χ4n) is 1.76. The van der Waals surface area contributed by atoms with Crippen LogP contribution in [0.5, 0.6) is 0 Å². The SMILES string of the molecule is CCOC(=O)c1ccc(NC(=O)CNC(=O)c2ccco2)cc1. The summed E-state index contributed by atoms with van der Waals surface area (Å²) in [5.41, 5.74) is 0.909. The van der Waals surface area contributed by atoms with Crippen LogP contribution >= 0.6 is 0 Å².